The molecule has 1 unspecified atom stereocenters. The van der Waals surface area contributed by atoms with E-state index in [1.165, 1.54) is 0 Å². The second-order valence-corrected chi connectivity index (χ2v) is 3.31. The lowest BCUT2D eigenvalue weighted by Gasteiger charge is -2.11. The van der Waals surface area contributed by atoms with Crippen molar-refractivity contribution in [2.24, 2.45) is 0 Å². The van der Waals surface area contributed by atoms with Gasteiger partial charge >= 0.3 is 0 Å². The van der Waals surface area contributed by atoms with Crippen LogP contribution < -0.4 is 0 Å². The van der Waals surface area contributed by atoms with Gasteiger partial charge in [0.2, 0.25) is 0 Å². The molecule has 0 fully saturated rings. The van der Waals surface area contributed by atoms with Gasteiger partial charge < -0.3 is 9.84 Å². The van der Waals surface area contributed by atoms with E-state index >= 15 is 0 Å². The highest BCUT2D eigenvalue weighted by molar-refractivity contribution is 6.30. The standard InChI is InChI=1S/C10H13ClO2/c1-13-10(7-12)6-8-3-2-4-9(11)5-8/h2-5,10,12H,6-7H2,1H3. The molecule has 0 aliphatic rings. The molecule has 0 bridgehead atoms. The fraction of sp³-hybridized carbons (Fsp3) is 0.400. The Morgan fingerprint density at radius 3 is 2.85 bits per heavy atom. The predicted molar refractivity (Wildman–Crippen MR) is 53.0 cm³/mol. The van der Waals surface area contributed by atoms with Crippen LogP contribution in [0.2, 0.25) is 5.02 Å². The Balaban J connectivity index is 2.62. The SMILES string of the molecule is COC(CO)Cc1cccc(Cl)c1. The van der Waals surface area contributed by atoms with E-state index in [-0.39, 0.29) is 12.7 Å². The summed E-state index contributed by atoms with van der Waals surface area (Å²) < 4.78 is 5.05. The first-order chi connectivity index (χ1) is 6.26. The minimum absolute atomic E-state index is 0.0308. The van der Waals surface area contributed by atoms with E-state index in [0.29, 0.717) is 11.4 Å². The summed E-state index contributed by atoms with van der Waals surface area (Å²) in [6, 6.07) is 7.56. The van der Waals surface area contributed by atoms with Gasteiger partial charge in [0.05, 0.1) is 12.7 Å². The van der Waals surface area contributed by atoms with Gasteiger partial charge in [0.1, 0.15) is 0 Å². The summed E-state index contributed by atoms with van der Waals surface area (Å²) in [4.78, 5) is 0. The van der Waals surface area contributed by atoms with Crippen LogP contribution in [0.15, 0.2) is 24.3 Å². The van der Waals surface area contributed by atoms with E-state index in [4.69, 9.17) is 21.4 Å². The Morgan fingerprint density at radius 2 is 2.31 bits per heavy atom. The van der Waals surface area contributed by atoms with Crippen molar-refractivity contribution >= 4 is 11.6 Å². The number of rotatable bonds is 4. The molecule has 1 N–H and O–H groups in total. The van der Waals surface area contributed by atoms with Crippen molar-refractivity contribution in [3.05, 3.63) is 34.9 Å². The van der Waals surface area contributed by atoms with Crippen molar-refractivity contribution in [1.29, 1.82) is 0 Å². The molecule has 1 rings (SSSR count). The van der Waals surface area contributed by atoms with E-state index in [1.807, 2.05) is 24.3 Å². The summed E-state index contributed by atoms with van der Waals surface area (Å²) in [5, 5.41) is 9.61. The molecule has 0 aromatic heterocycles. The van der Waals surface area contributed by atoms with Crippen LogP contribution in [0.4, 0.5) is 0 Å². The van der Waals surface area contributed by atoms with E-state index in [0.717, 1.165) is 5.56 Å². The normalized spacial score (nSPS) is 12.8. The van der Waals surface area contributed by atoms with Crippen LogP contribution in [0.25, 0.3) is 0 Å². The molecule has 13 heavy (non-hydrogen) atoms. The first-order valence-electron chi connectivity index (χ1n) is 4.14. The van der Waals surface area contributed by atoms with Gasteiger partial charge in [-0.3, -0.25) is 0 Å². The molecule has 0 heterocycles. The Morgan fingerprint density at radius 1 is 1.54 bits per heavy atom. The molecular weight excluding hydrogens is 188 g/mol. The Kier molecular flexibility index (Phi) is 4.22. The minimum Gasteiger partial charge on any atom is -0.394 e. The van der Waals surface area contributed by atoms with Gasteiger partial charge in [-0.15, -0.1) is 0 Å². The summed E-state index contributed by atoms with van der Waals surface area (Å²) in [7, 11) is 1.59. The second-order valence-electron chi connectivity index (χ2n) is 2.87. The highest BCUT2D eigenvalue weighted by Crippen LogP contribution is 2.12. The zero-order valence-electron chi connectivity index (χ0n) is 7.53. The number of halogens is 1. The largest absolute Gasteiger partial charge is 0.394 e. The fourth-order valence-electron chi connectivity index (χ4n) is 1.15. The molecular formula is C10H13ClO2. The molecule has 3 heteroatoms. The summed E-state index contributed by atoms with van der Waals surface area (Å²) in [6.45, 7) is 0.0308. The van der Waals surface area contributed by atoms with Crippen molar-refractivity contribution in [2.75, 3.05) is 13.7 Å². The number of ether oxygens (including phenoxy) is 1. The van der Waals surface area contributed by atoms with Crippen molar-refractivity contribution < 1.29 is 9.84 Å². The van der Waals surface area contributed by atoms with Gasteiger partial charge in [0.25, 0.3) is 0 Å². The molecule has 0 saturated carbocycles. The topological polar surface area (TPSA) is 29.5 Å². The number of methoxy groups -OCH3 is 1. The number of hydrogen-bond donors (Lipinski definition) is 1. The van der Waals surface area contributed by atoms with Gasteiger partial charge in [-0.1, -0.05) is 23.7 Å². The molecule has 0 radical (unpaired) electrons. The average molecular weight is 201 g/mol. The summed E-state index contributed by atoms with van der Waals surface area (Å²) in [5.74, 6) is 0. The quantitative estimate of drug-likeness (QED) is 0.805. The first kappa shape index (κ1) is 10.5. The third-order valence-corrected chi connectivity index (χ3v) is 2.12. The lowest BCUT2D eigenvalue weighted by atomic mass is 10.1. The van der Waals surface area contributed by atoms with Gasteiger partial charge in [0, 0.05) is 18.6 Å². The van der Waals surface area contributed by atoms with Crippen molar-refractivity contribution in [1.82, 2.24) is 0 Å². The highest BCUT2D eigenvalue weighted by atomic mass is 35.5. The van der Waals surface area contributed by atoms with Gasteiger partial charge in [-0.2, -0.15) is 0 Å². The van der Waals surface area contributed by atoms with Crippen LogP contribution in [0.5, 0.6) is 0 Å². The fourth-order valence-corrected chi connectivity index (χ4v) is 1.36. The molecule has 0 saturated heterocycles. The zero-order valence-corrected chi connectivity index (χ0v) is 8.29. The number of benzene rings is 1. The zero-order chi connectivity index (χ0) is 9.68. The molecule has 0 spiro atoms. The first-order valence-corrected chi connectivity index (χ1v) is 4.52. The number of hydrogen-bond acceptors (Lipinski definition) is 2. The van der Waals surface area contributed by atoms with Crippen LogP contribution in [0.3, 0.4) is 0 Å². The smallest absolute Gasteiger partial charge is 0.0842 e. The molecule has 1 aromatic carbocycles. The predicted octanol–water partition coefficient (Wildman–Crippen LogP) is 1.89. The van der Waals surface area contributed by atoms with Gasteiger partial charge in [-0.25, -0.2) is 0 Å². The maximum absolute atomic E-state index is 8.90. The van der Waals surface area contributed by atoms with E-state index in [1.54, 1.807) is 7.11 Å². The van der Waals surface area contributed by atoms with E-state index in [2.05, 4.69) is 0 Å². The second kappa shape index (κ2) is 5.22. The van der Waals surface area contributed by atoms with Crippen LogP contribution in [-0.2, 0) is 11.2 Å². The van der Waals surface area contributed by atoms with Crippen LogP contribution in [0, 0.1) is 0 Å². The lowest BCUT2D eigenvalue weighted by molar-refractivity contribution is 0.0495. The van der Waals surface area contributed by atoms with Crippen molar-refractivity contribution in [3.8, 4) is 0 Å². The Labute approximate surface area is 83.1 Å². The maximum atomic E-state index is 8.90. The highest BCUT2D eigenvalue weighted by Gasteiger charge is 2.06. The monoisotopic (exact) mass is 200 g/mol. The molecule has 1 aromatic rings. The maximum Gasteiger partial charge on any atom is 0.0842 e. The summed E-state index contributed by atoms with van der Waals surface area (Å²) in [5.41, 5.74) is 1.08. The number of aliphatic hydroxyl groups excluding tert-OH is 1. The summed E-state index contributed by atoms with van der Waals surface area (Å²) >= 11 is 5.81. The van der Waals surface area contributed by atoms with Gasteiger partial charge in [0.15, 0.2) is 0 Å². The van der Waals surface area contributed by atoms with Gasteiger partial charge in [-0.05, 0) is 17.7 Å². The van der Waals surface area contributed by atoms with E-state index < -0.39 is 0 Å². The molecule has 2 nitrogen and oxygen atoms in total. The van der Waals surface area contributed by atoms with Crippen LogP contribution >= 0.6 is 11.6 Å². The molecule has 0 amide bonds. The Bertz CT molecular complexity index is 259. The van der Waals surface area contributed by atoms with Crippen molar-refractivity contribution in [2.45, 2.75) is 12.5 Å². The van der Waals surface area contributed by atoms with E-state index in [9.17, 15) is 0 Å². The van der Waals surface area contributed by atoms with Crippen LogP contribution in [-0.4, -0.2) is 24.9 Å². The molecule has 72 valence electrons. The molecule has 0 aliphatic carbocycles. The van der Waals surface area contributed by atoms with Crippen LogP contribution in [0.1, 0.15) is 5.56 Å². The average Bonchev–Trinajstić information content (AvgIpc) is 2.14. The lowest BCUT2D eigenvalue weighted by Crippen LogP contribution is -2.18. The third-order valence-electron chi connectivity index (χ3n) is 1.89. The minimum atomic E-state index is -0.140. The number of aliphatic hydroxyl groups is 1. The third kappa shape index (κ3) is 3.35. The molecule has 1 atom stereocenters. The molecule has 0 aliphatic heterocycles. The Hall–Kier alpha value is -0.570. The van der Waals surface area contributed by atoms with Crippen molar-refractivity contribution in [3.63, 3.8) is 0 Å². The summed E-state index contributed by atoms with van der Waals surface area (Å²) in [6.07, 6.45) is 0.548.